The Morgan fingerprint density at radius 3 is 2.21 bits per heavy atom. The molecule has 0 radical (unpaired) electrons. The standard InChI is InChI=1S/C16H30N2O/c1-14(2)13(15(14,3)4)12(18-17)11-6-9-19-16(10-11)7-5-8-16/h11-13,18H,5-10,17H2,1-4H3. The van der Waals surface area contributed by atoms with Crippen LogP contribution < -0.4 is 11.3 Å². The third-order valence-corrected chi connectivity index (χ3v) is 6.99. The van der Waals surface area contributed by atoms with Crippen LogP contribution in [0.25, 0.3) is 0 Å². The molecule has 1 aliphatic heterocycles. The van der Waals surface area contributed by atoms with Gasteiger partial charge in [-0.05, 0) is 54.8 Å². The average Bonchev–Trinajstić information content (AvgIpc) is 2.72. The second kappa shape index (κ2) is 4.19. The summed E-state index contributed by atoms with van der Waals surface area (Å²) in [5.41, 5.74) is 4.19. The maximum Gasteiger partial charge on any atom is 0.0685 e. The third kappa shape index (κ3) is 1.89. The molecule has 0 aromatic rings. The van der Waals surface area contributed by atoms with Gasteiger partial charge in [-0.2, -0.15) is 0 Å². The van der Waals surface area contributed by atoms with Gasteiger partial charge < -0.3 is 4.74 Å². The topological polar surface area (TPSA) is 47.3 Å². The zero-order valence-corrected chi connectivity index (χ0v) is 13.0. The summed E-state index contributed by atoms with van der Waals surface area (Å²) in [5, 5.41) is 0. The van der Waals surface area contributed by atoms with Gasteiger partial charge in [0.2, 0.25) is 0 Å². The molecule has 0 amide bonds. The number of nitrogens with one attached hydrogen (secondary N) is 1. The average molecular weight is 266 g/mol. The Bertz CT molecular complexity index is 346. The molecule has 3 heteroatoms. The van der Waals surface area contributed by atoms with Gasteiger partial charge in [0.25, 0.3) is 0 Å². The molecular formula is C16H30N2O. The summed E-state index contributed by atoms with van der Waals surface area (Å²) in [5.74, 6) is 7.31. The lowest BCUT2D eigenvalue weighted by Crippen LogP contribution is -2.52. The van der Waals surface area contributed by atoms with Crippen molar-refractivity contribution >= 4 is 0 Å². The van der Waals surface area contributed by atoms with Gasteiger partial charge in [-0.15, -0.1) is 0 Å². The third-order valence-electron chi connectivity index (χ3n) is 6.99. The molecule has 1 heterocycles. The van der Waals surface area contributed by atoms with Crippen LogP contribution in [0.15, 0.2) is 0 Å². The van der Waals surface area contributed by atoms with E-state index >= 15 is 0 Å². The van der Waals surface area contributed by atoms with Crippen molar-refractivity contribution in [2.75, 3.05) is 6.61 Å². The fourth-order valence-corrected chi connectivity index (χ4v) is 4.94. The largest absolute Gasteiger partial charge is 0.375 e. The van der Waals surface area contributed by atoms with Crippen LogP contribution in [-0.4, -0.2) is 18.2 Å². The quantitative estimate of drug-likeness (QED) is 0.610. The number of rotatable bonds is 3. The Labute approximate surface area is 117 Å². The number of hydrogen-bond acceptors (Lipinski definition) is 3. The van der Waals surface area contributed by atoms with Crippen LogP contribution in [0.5, 0.6) is 0 Å². The fraction of sp³-hybridized carbons (Fsp3) is 1.00. The highest BCUT2D eigenvalue weighted by atomic mass is 16.5. The number of ether oxygens (including phenoxy) is 1. The Morgan fingerprint density at radius 1 is 1.16 bits per heavy atom. The van der Waals surface area contributed by atoms with Crippen LogP contribution in [0.1, 0.15) is 59.8 Å². The first-order valence-corrected chi connectivity index (χ1v) is 7.94. The zero-order chi connectivity index (χ0) is 13.9. The van der Waals surface area contributed by atoms with Gasteiger partial charge in [-0.3, -0.25) is 11.3 Å². The van der Waals surface area contributed by atoms with Gasteiger partial charge in [0.1, 0.15) is 0 Å². The summed E-state index contributed by atoms with van der Waals surface area (Å²) in [4.78, 5) is 0. The highest BCUT2D eigenvalue weighted by Gasteiger charge is 2.68. The summed E-state index contributed by atoms with van der Waals surface area (Å²) < 4.78 is 6.06. The summed E-state index contributed by atoms with van der Waals surface area (Å²) in [7, 11) is 0. The maximum absolute atomic E-state index is 6.06. The van der Waals surface area contributed by atoms with E-state index in [1.165, 1.54) is 32.1 Å². The van der Waals surface area contributed by atoms with Gasteiger partial charge in [0, 0.05) is 12.6 Å². The van der Waals surface area contributed by atoms with Gasteiger partial charge >= 0.3 is 0 Å². The summed E-state index contributed by atoms with van der Waals surface area (Å²) in [6, 6.07) is 0.450. The molecule has 3 N–H and O–H groups in total. The Kier molecular flexibility index (Phi) is 3.05. The van der Waals surface area contributed by atoms with E-state index in [1.807, 2.05) is 0 Å². The van der Waals surface area contributed by atoms with E-state index in [9.17, 15) is 0 Å². The first-order valence-electron chi connectivity index (χ1n) is 7.94. The molecule has 2 saturated carbocycles. The van der Waals surface area contributed by atoms with Crippen LogP contribution in [0.3, 0.4) is 0 Å². The van der Waals surface area contributed by atoms with Crippen LogP contribution in [-0.2, 0) is 4.74 Å². The summed E-state index contributed by atoms with van der Waals surface area (Å²) in [6.45, 7) is 10.5. The van der Waals surface area contributed by atoms with Crippen molar-refractivity contribution in [2.45, 2.75) is 71.4 Å². The molecular weight excluding hydrogens is 236 g/mol. The van der Waals surface area contributed by atoms with Crippen molar-refractivity contribution in [3.8, 4) is 0 Å². The lowest BCUT2D eigenvalue weighted by Gasteiger charge is -2.49. The van der Waals surface area contributed by atoms with Gasteiger partial charge in [-0.1, -0.05) is 27.7 Å². The van der Waals surface area contributed by atoms with Crippen molar-refractivity contribution in [3.63, 3.8) is 0 Å². The zero-order valence-electron chi connectivity index (χ0n) is 13.0. The SMILES string of the molecule is CC1(C)C(C(NN)C2CCOC3(CCC3)C2)C1(C)C. The Morgan fingerprint density at radius 2 is 1.79 bits per heavy atom. The van der Waals surface area contributed by atoms with Crippen LogP contribution in [0.2, 0.25) is 0 Å². The van der Waals surface area contributed by atoms with Crippen molar-refractivity contribution in [1.29, 1.82) is 0 Å². The second-order valence-corrected chi connectivity index (χ2v) is 8.25. The van der Waals surface area contributed by atoms with Gasteiger partial charge in [-0.25, -0.2) is 0 Å². The molecule has 1 spiro atoms. The monoisotopic (exact) mass is 266 g/mol. The molecule has 2 unspecified atom stereocenters. The molecule has 3 nitrogen and oxygen atoms in total. The van der Waals surface area contributed by atoms with Crippen LogP contribution in [0, 0.1) is 22.7 Å². The maximum atomic E-state index is 6.06. The summed E-state index contributed by atoms with van der Waals surface area (Å²) in [6.07, 6.45) is 6.24. The van der Waals surface area contributed by atoms with Crippen LogP contribution in [0.4, 0.5) is 0 Å². The normalized spacial score (nSPS) is 36.8. The Balaban J connectivity index is 1.73. The number of nitrogens with two attached hydrogens (primary N) is 1. The van der Waals surface area contributed by atoms with E-state index in [0.29, 0.717) is 28.7 Å². The van der Waals surface area contributed by atoms with Crippen molar-refractivity contribution in [2.24, 2.45) is 28.5 Å². The van der Waals surface area contributed by atoms with E-state index in [1.54, 1.807) is 0 Å². The van der Waals surface area contributed by atoms with E-state index in [4.69, 9.17) is 10.6 Å². The molecule has 1 saturated heterocycles. The molecule has 2 atom stereocenters. The first kappa shape index (κ1) is 13.8. The minimum atomic E-state index is 0.223. The van der Waals surface area contributed by atoms with Crippen molar-refractivity contribution in [3.05, 3.63) is 0 Å². The molecule has 0 aromatic carbocycles. The molecule has 3 fully saturated rings. The van der Waals surface area contributed by atoms with Crippen LogP contribution >= 0.6 is 0 Å². The highest BCUT2D eigenvalue weighted by molar-refractivity contribution is 5.17. The van der Waals surface area contributed by atoms with Crippen molar-refractivity contribution in [1.82, 2.24) is 5.43 Å². The lowest BCUT2D eigenvalue weighted by atomic mass is 9.69. The highest BCUT2D eigenvalue weighted by Crippen LogP contribution is 2.70. The van der Waals surface area contributed by atoms with E-state index in [2.05, 4.69) is 33.1 Å². The fourth-order valence-electron chi connectivity index (χ4n) is 4.94. The lowest BCUT2D eigenvalue weighted by molar-refractivity contribution is -0.148. The number of hydrogen-bond donors (Lipinski definition) is 2. The van der Waals surface area contributed by atoms with Gasteiger partial charge in [0.05, 0.1) is 5.60 Å². The molecule has 0 bridgehead atoms. The molecule has 3 rings (SSSR count). The minimum absolute atomic E-state index is 0.223. The first-order chi connectivity index (χ1) is 8.84. The predicted octanol–water partition coefficient (Wildman–Crippen LogP) is 2.85. The molecule has 2 aliphatic carbocycles. The van der Waals surface area contributed by atoms with E-state index in [-0.39, 0.29) is 5.60 Å². The molecule has 19 heavy (non-hydrogen) atoms. The van der Waals surface area contributed by atoms with Gasteiger partial charge in [0.15, 0.2) is 0 Å². The number of hydrazine groups is 1. The smallest absolute Gasteiger partial charge is 0.0685 e. The van der Waals surface area contributed by atoms with Crippen molar-refractivity contribution < 1.29 is 4.74 Å². The van der Waals surface area contributed by atoms with E-state index in [0.717, 1.165) is 6.61 Å². The Hall–Kier alpha value is -0.120. The molecule has 3 aliphatic rings. The minimum Gasteiger partial charge on any atom is -0.375 e. The summed E-state index contributed by atoms with van der Waals surface area (Å²) >= 11 is 0. The van der Waals surface area contributed by atoms with E-state index < -0.39 is 0 Å². The molecule has 110 valence electrons. The second-order valence-electron chi connectivity index (χ2n) is 8.25. The predicted molar refractivity (Wildman–Crippen MR) is 77.4 cm³/mol. The molecule has 0 aromatic heterocycles.